The van der Waals surface area contributed by atoms with Crippen LogP contribution in [0.25, 0.3) is 0 Å². The lowest BCUT2D eigenvalue weighted by Gasteiger charge is -2.37. The van der Waals surface area contributed by atoms with Gasteiger partial charge >= 0.3 is 0 Å². The molecule has 0 spiro atoms. The molecule has 1 aromatic rings. The Kier molecular flexibility index (Phi) is 12.5. The number of aliphatic hydroxyl groups excluding tert-OH is 1. The molecule has 1 N–H and O–H groups in total. The fraction of sp³-hybridized carbons (Fsp3) is 0.643. The van der Waals surface area contributed by atoms with Crippen LogP contribution < -0.4 is 0 Å². The number of aliphatic hydroxyl groups is 1. The molecule has 0 saturated carbocycles. The molecule has 34 heavy (non-hydrogen) atoms. The first-order valence-electron chi connectivity index (χ1n) is 12.7. The Morgan fingerprint density at radius 2 is 1.44 bits per heavy atom. The van der Waals surface area contributed by atoms with Gasteiger partial charge in [0.05, 0.1) is 18.1 Å². The number of benzene rings is 1. The number of Topliss-reactive ketones (excluding diaryl/α,β-unsaturated/α-hetero) is 1. The molecule has 0 aromatic heterocycles. The molecule has 0 aliphatic carbocycles. The largest absolute Gasteiger partial charge is 0.395 e. The maximum absolute atomic E-state index is 13.4. The molecule has 0 bridgehead atoms. The van der Waals surface area contributed by atoms with E-state index in [-0.39, 0.29) is 24.8 Å². The van der Waals surface area contributed by atoms with Crippen LogP contribution in [0.2, 0.25) is 0 Å². The molecule has 6 nitrogen and oxygen atoms in total. The highest BCUT2D eigenvalue weighted by Crippen LogP contribution is 2.24. The van der Waals surface area contributed by atoms with Gasteiger partial charge in [-0.15, -0.1) is 0 Å². The molecule has 0 fully saturated rings. The highest BCUT2D eigenvalue weighted by Gasteiger charge is 2.34. The summed E-state index contributed by atoms with van der Waals surface area (Å²) in [5.74, 6) is -0.364. The Hall–Kier alpha value is -2.18. The van der Waals surface area contributed by atoms with E-state index in [0.717, 1.165) is 50.2 Å². The summed E-state index contributed by atoms with van der Waals surface area (Å²) in [5, 5.41) is 9.28. The third-order valence-electron chi connectivity index (χ3n) is 6.55. The average Bonchev–Trinajstić information content (AvgIpc) is 2.81. The minimum atomic E-state index is -0.573. The van der Waals surface area contributed by atoms with Gasteiger partial charge < -0.3 is 14.9 Å². The van der Waals surface area contributed by atoms with Crippen LogP contribution in [0.3, 0.4) is 0 Å². The molecule has 6 heteroatoms. The first-order chi connectivity index (χ1) is 16.0. The Morgan fingerprint density at radius 1 is 0.912 bits per heavy atom. The van der Waals surface area contributed by atoms with E-state index in [1.54, 1.807) is 11.9 Å². The van der Waals surface area contributed by atoms with Crippen LogP contribution in [0.4, 0.5) is 0 Å². The van der Waals surface area contributed by atoms with Crippen LogP contribution in [-0.4, -0.2) is 83.9 Å². The molecule has 0 saturated heterocycles. The molecule has 0 heterocycles. The van der Waals surface area contributed by atoms with Crippen molar-refractivity contribution in [1.82, 2.24) is 14.7 Å². The number of carbonyl (C=O) groups excluding carboxylic acids is 2. The quantitative estimate of drug-likeness (QED) is 0.364. The normalized spacial score (nSPS) is 12.5. The van der Waals surface area contributed by atoms with Gasteiger partial charge in [-0.1, -0.05) is 51.6 Å². The molecule has 1 rings (SSSR count). The molecule has 0 aliphatic rings. The third-order valence-corrected chi connectivity index (χ3v) is 6.55. The van der Waals surface area contributed by atoms with Crippen molar-refractivity contribution in [2.24, 2.45) is 5.92 Å². The highest BCUT2D eigenvalue weighted by molar-refractivity contribution is 6.02. The van der Waals surface area contributed by atoms with Gasteiger partial charge in [-0.2, -0.15) is 0 Å². The predicted molar refractivity (Wildman–Crippen MR) is 141 cm³/mol. The van der Waals surface area contributed by atoms with Crippen LogP contribution in [0.5, 0.6) is 0 Å². The lowest BCUT2D eigenvalue weighted by atomic mass is 9.89. The number of hydrogen-bond donors (Lipinski definition) is 1. The SMILES string of the molecule is C=C(C(Cc1ccc(C(=O)C(C)(C)N(CCC)CCC)cc1)C(=O)N(C)CCO)N(C)CCC. The molecule has 1 atom stereocenters. The van der Waals surface area contributed by atoms with Crippen molar-refractivity contribution in [3.63, 3.8) is 0 Å². The number of hydrogen-bond acceptors (Lipinski definition) is 5. The van der Waals surface area contributed by atoms with Gasteiger partial charge in [-0.3, -0.25) is 14.5 Å². The van der Waals surface area contributed by atoms with Crippen LogP contribution >= 0.6 is 0 Å². The standard InChI is InChI=1S/C28H47N3O3/c1-9-16-29(7)22(4)25(27(34)30(8)19-20-32)21-23-12-14-24(15-13-23)26(33)28(5,6)31(17-10-2)18-11-3/h12-15,25,32H,4,9-11,16-21H2,1-3,5-8H3. The number of rotatable bonds is 16. The minimum Gasteiger partial charge on any atom is -0.395 e. The topological polar surface area (TPSA) is 64.1 Å². The molecule has 0 radical (unpaired) electrons. The Balaban J connectivity index is 3.13. The molecular weight excluding hydrogens is 426 g/mol. The smallest absolute Gasteiger partial charge is 0.231 e. The molecule has 192 valence electrons. The van der Waals surface area contributed by atoms with Crippen LogP contribution in [0.1, 0.15) is 69.8 Å². The van der Waals surface area contributed by atoms with Crippen molar-refractivity contribution < 1.29 is 14.7 Å². The summed E-state index contributed by atoms with van der Waals surface area (Å²) in [7, 11) is 3.67. The molecule has 1 unspecified atom stereocenters. The van der Waals surface area contributed by atoms with E-state index < -0.39 is 11.5 Å². The van der Waals surface area contributed by atoms with E-state index in [1.165, 1.54) is 0 Å². The zero-order chi connectivity index (χ0) is 25.9. The summed E-state index contributed by atoms with van der Waals surface area (Å²) in [6.07, 6.45) is 3.47. The predicted octanol–water partition coefficient (Wildman–Crippen LogP) is 4.23. The molecular formula is C28H47N3O3. The lowest BCUT2D eigenvalue weighted by molar-refractivity contribution is -0.133. The van der Waals surface area contributed by atoms with Crippen LogP contribution in [-0.2, 0) is 11.2 Å². The van der Waals surface area contributed by atoms with Gasteiger partial charge in [0.15, 0.2) is 5.78 Å². The van der Waals surface area contributed by atoms with Crippen molar-refractivity contribution in [2.45, 2.75) is 65.8 Å². The lowest BCUT2D eigenvalue weighted by Crippen LogP contribution is -2.50. The Labute approximate surface area is 207 Å². The number of likely N-dealkylation sites (N-methyl/N-ethyl adjacent to an activating group) is 1. The van der Waals surface area contributed by atoms with Gasteiger partial charge in [0.25, 0.3) is 0 Å². The minimum absolute atomic E-state index is 0.0573. The second-order valence-electron chi connectivity index (χ2n) is 9.73. The van der Waals surface area contributed by atoms with E-state index in [1.807, 2.05) is 50.1 Å². The van der Waals surface area contributed by atoms with E-state index in [0.29, 0.717) is 12.0 Å². The first-order valence-corrected chi connectivity index (χ1v) is 12.7. The fourth-order valence-electron chi connectivity index (χ4n) is 4.35. The van der Waals surface area contributed by atoms with E-state index in [4.69, 9.17) is 0 Å². The van der Waals surface area contributed by atoms with Gasteiger partial charge in [0.1, 0.15) is 0 Å². The monoisotopic (exact) mass is 473 g/mol. The van der Waals surface area contributed by atoms with Gasteiger partial charge in [0, 0.05) is 38.4 Å². The van der Waals surface area contributed by atoms with E-state index >= 15 is 0 Å². The second kappa shape index (κ2) is 14.3. The maximum Gasteiger partial charge on any atom is 0.231 e. The zero-order valence-electron chi connectivity index (χ0n) is 22.6. The van der Waals surface area contributed by atoms with Crippen molar-refractivity contribution in [3.8, 4) is 0 Å². The first kappa shape index (κ1) is 29.9. The van der Waals surface area contributed by atoms with Crippen molar-refractivity contribution in [1.29, 1.82) is 0 Å². The van der Waals surface area contributed by atoms with E-state index in [2.05, 4.69) is 32.3 Å². The van der Waals surface area contributed by atoms with Crippen LogP contribution in [0.15, 0.2) is 36.5 Å². The van der Waals surface area contributed by atoms with Gasteiger partial charge in [0.2, 0.25) is 5.91 Å². The molecule has 1 aromatic carbocycles. The van der Waals surface area contributed by atoms with Gasteiger partial charge in [-0.05, 0) is 58.2 Å². The zero-order valence-corrected chi connectivity index (χ0v) is 22.6. The average molecular weight is 474 g/mol. The number of carbonyl (C=O) groups is 2. The van der Waals surface area contributed by atoms with E-state index in [9.17, 15) is 14.7 Å². The van der Waals surface area contributed by atoms with Gasteiger partial charge in [-0.25, -0.2) is 0 Å². The third kappa shape index (κ3) is 7.95. The number of nitrogens with zero attached hydrogens (tertiary/aromatic N) is 3. The highest BCUT2D eigenvalue weighted by atomic mass is 16.3. The summed E-state index contributed by atoms with van der Waals surface area (Å²) < 4.78 is 0. The summed E-state index contributed by atoms with van der Waals surface area (Å²) in [6.45, 7) is 17.4. The summed E-state index contributed by atoms with van der Waals surface area (Å²) in [6, 6.07) is 7.67. The fourth-order valence-corrected chi connectivity index (χ4v) is 4.35. The van der Waals surface area contributed by atoms with Crippen molar-refractivity contribution in [3.05, 3.63) is 47.7 Å². The summed E-state index contributed by atoms with van der Waals surface area (Å²) in [4.78, 5) is 32.4. The van der Waals surface area contributed by atoms with Crippen LogP contribution in [0, 0.1) is 5.92 Å². The molecule has 0 aliphatic heterocycles. The summed E-state index contributed by atoms with van der Waals surface area (Å²) >= 11 is 0. The summed E-state index contributed by atoms with van der Waals surface area (Å²) in [5.41, 5.74) is 1.87. The number of ketones is 1. The molecule has 1 amide bonds. The number of amides is 1. The Morgan fingerprint density at radius 3 is 1.91 bits per heavy atom. The second-order valence-corrected chi connectivity index (χ2v) is 9.73. The Bertz CT molecular complexity index is 759. The maximum atomic E-state index is 13.4. The van der Waals surface area contributed by atoms with Crippen molar-refractivity contribution in [2.75, 3.05) is 46.9 Å². The van der Waals surface area contributed by atoms with Crippen molar-refractivity contribution >= 4 is 11.7 Å².